The van der Waals surface area contributed by atoms with E-state index in [1.54, 1.807) is 11.4 Å². The van der Waals surface area contributed by atoms with Gasteiger partial charge in [0.1, 0.15) is 0 Å². The van der Waals surface area contributed by atoms with Gasteiger partial charge in [-0.1, -0.05) is 0 Å². The minimum Gasteiger partial charge on any atom is -0.464 e. The van der Waals surface area contributed by atoms with Crippen LogP contribution in [0.4, 0.5) is 19.0 Å². The number of rotatable bonds is 5. The van der Waals surface area contributed by atoms with E-state index in [0.29, 0.717) is 5.56 Å². The first-order chi connectivity index (χ1) is 11.7. The molecule has 0 spiro atoms. The first kappa shape index (κ1) is 18.3. The van der Waals surface area contributed by atoms with E-state index >= 15 is 0 Å². The number of hydrogen-bond donors (Lipinski definition) is 2. The van der Waals surface area contributed by atoms with Gasteiger partial charge in [0, 0.05) is 5.56 Å². The number of amides is 1. The molecule has 3 N–H and O–H groups in total. The Morgan fingerprint density at radius 3 is 2.48 bits per heavy atom. The van der Waals surface area contributed by atoms with Gasteiger partial charge in [-0.15, -0.1) is 0 Å². The lowest BCUT2D eigenvalue weighted by atomic mass is 10.1. The number of halogens is 3. The van der Waals surface area contributed by atoms with Crippen molar-refractivity contribution in [3.8, 4) is 0 Å². The third kappa shape index (κ3) is 3.57. The van der Waals surface area contributed by atoms with Gasteiger partial charge in [0.25, 0.3) is 11.7 Å². The fraction of sp³-hybridized carbons (Fsp3) is 0.267. The standard InChI is InChI=1S/C15H14F3N3O4/c1-9-5-3-7-19-11(9)20-14(13(23)24-2,15(16,17)18)21-12(22)10-6-4-8-25-10/h3-8H,1-2H3,(H,19,20)(H,21,22)/p+1/t14-/m0/s1. The molecule has 2 aromatic rings. The molecule has 1 amide bonds. The second-order valence-corrected chi connectivity index (χ2v) is 5.02. The number of alkyl halides is 3. The number of methoxy groups -OCH3 is 1. The number of anilines is 1. The lowest BCUT2D eigenvalue weighted by Gasteiger charge is -2.30. The molecule has 2 rings (SSSR count). The maximum Gasteiger partial charge on any atom is 0.464 e. The Kier molecular flexibility index (Phi) is 5.00. The Hall–Kier alpha value is -3.04. The third-order valence-corrected chi connectivity index (χ3v) is 3.34. The Labute approximate surface area is 140 Å². The number of carbonyl (C=O) groups excluding carboxylic acids is 2. The molecule has 7 nitrogen and oxygen atoms in total. The largest absolute Gasteiger partial charge is 0.464 e. The van der Waals surface area contributed by atoms with Crippen molar-refractivity contribution in [3.05, 3.63) is 48.0 Å². The molecule has 0 aromatic carbocycles. The number of furan rings is 1. The minimum absolute atomic E-state index is 0.120. The van der Waals surface area contributed by atoms with Crippen LogP contribution in [0.2, 0.25) is 0 Å². The molecule has 0 aliphatic rings. The lowest BCUT2D eigenvalue weighted by molar-refractivity contribution is -0.363. The molecule has 10 heteroatoms. The molecule has 0 saturated carbocycles. The summed E-state index contributed by atoms with van der Waals surface area (Å²) in [5, 5.41) is 3.65. The zero-order chi connectivity index (χ0) is 18.7. The van der Waals surface area contributed by atoms with E-state index in [0.717, 1.165) is 19.4 Å². The fourth-order valence-electron chi connectivity index (χ4n) is 2.03. The van der Waals surface area contributed by atoms with Gasteiger partial charge in [0.05, 0.1) is 19.6 Å². The summed E-state index contributed by atoms with van der Waals surface area (Å²) >= 11 is 0. The number of hydrogen-bond acceptors (Lipinski definition) is 5. The van der Waals surface area contributed by atoms with E-state index in [9.17, 15) is 22.8 Å². The van der Waals surface area contributed by atoms with Crippen LogP contribution >= 0.6 is 0 Å². The fourth-order valence-corrected chi connectivity index (χ4v) is 2.03. The van der Waals surface area contributed by atoms with Crippen LogP contribution in [0.3, 0.4) is 0 Å². The molecule has 0 aliphatic heterocycles. The van der Waals surface area contributed by atoms with Crippen molar-refractivity contribution in [2.24, 2.45) is 0 Å². The summed E-state index contributed by atoms with van der Waals surface area (Å²) in [6.07, 6.45) is -2.74. The third-order valence-electron chi connectivity index (χ3n) is 3.34. The highest BCUT2D eigenvalue weighted by Gasteiger charge is 2.68. The van der Waals surface area contributed by atoms with Crippen LogP contribution < -0.4 is 15.6 Å². The van der Waals surface area contributed by atoms with Gasteiger partial charge in [-0.2, -0.15) is 13.2 Å². The number of aryl methyl sites for hydroxylation is 1. The minimum atomic E-state index is -5.22. The summed E-state index contributed by atoms with van der Waals surface area (Å²) in [6, 6.07) is 5.57. The molecular weight excluding hydrogens is 343 g/mol. The van der Waals surface area contributed by atoms with Crippen molar-refractivity contribution < 1.29 is 36.9 Å². The van der Waals surface area contributed by atoms with Gasteiger partial charge >= 0.3 is 17.8 Å². The molecule has 0 bridgehead atoms. The summed E-state index contributed by atoms with van der Waals surface area (Å²) in [4.78, 5) is 26.7. The normalized spacial score (nSPS) is 13.6. The van der Waals surface area contributed by atoms with Crippen LogP contribution in [0.5, 0.6) is 0 Å². The van der Waals surface area contributed by atoms with Crippen molar-refractivity contribution >= 4 is 17.7 Å². The molecule has 0 saturated heterocycles. The van der Waals surface area contributed by atoms with E-state index < -0.39 is 29.5 Å². The van der Waals surface area contributed by atoms with E-state index in [1.165, 1.54) is 25.3 Å². The number of ether oxygens (including phenoxy) is 1. The molecule has 0 radical (unpaired) electrons. The Bertz CT molecular complexity index is 762. The summed E-state index contributed by atoms with van der Waals surface area (Å²) in [5.41, 5.74) is -3.14. The van der Waals surface area contributed by atoms with Crippen molar-refractivity contribution in [1.82, 2.24) is 5.32 Å². The van der Waals surface area contributed by atoms with E-state index in [2.05, 4.69) is 9.72 Å². The zero-order valence-electron chi connectivity index (χ0n) is 13.2. The average Bonchev–Trinajstić information content (AvgIpc) is 3.08. The average molecular weight is 358 g/mol. The van der Waals surface area contributed by atoms with Gasteiger partial charge in [-0.25, -0.2) is 15.1 Å². The van der Waals surface area contributed by atoms with Crippen LogP contribution in [0, 0.1) is 6.92 Å². The zero-order valence-corrected chi connectivity index (χ0v) is 13.2. The quantitative estimate of drug-likeness (QED) is 0.626. The second-order valence-electron chi connectivity index (χ2n) is 5.02. The highest BCUT2D eigenvalue weighted by atomic mass is 19.4. The topological polar surface area (TPSA) is 94.7 Å². The van der Waals surface area contributed by atoms with Gasteiger partial charge in [-0.3, -0.25) is 10.1 Å². The predicted octanol–water partition coefficient (Wildman–Crippen LogP) is 1.68. The van der Waals surface area contributed by atoms with Crippen molar-refractivity contribution in [2.75, 3.05) is 12.4 Å². The summed E-state index contributed by atoms with van der Waals surface area (Å²) in [7, 11) is 0.783. The molecule has 25 heavy (non-hydrogen) atoms. The van der Waals surface area contributed by atoms with Gasteiger partial charge < -0.3 is 9.15 Å². The van der Waals surface area contributed by atoms with Crippen LogP contribution in [0.1, 0.15) is 16.1 Å². The Morgan fingerprint density at radius 2 is 1.96 bits per heavy atom. The Balaban J connectivity index is 2.50. The smallest absolute Gasteiger partial charge is 0.464 e. The molecule has 0 fully saturated rings. The molecule has 2 heterocycles. The monoisotopic (exact) mass is 358 g/mol. The number of aromatic amines is 1. The highest BCUT2D eigenvalue weighted by molar-refractivity contribution is 5.97. The summed E-state index contributed by atoms with van der Waals surface area (Å²) < 4.78 is 50.5. The van der Waals surface area contributed by atoms with E-state index in [4.69, 9.17) is 4.42 Å². The van der Waals surface area contributed by atoms with Gasteiger partial charge in [0.15, 0.2) is 5.76 Å². The van der Waals surface area contributed by atoms with Crippen LogP contribution in [-0.4, -0.2) is 30.8 Å². The molecule has 0 aliphatic carbocycles. The molecule has 2 aromatic heterocycles. The van der Waals surface area contributed by atoms with Crippen molar-refractivity contribution in [1.29, 1.82) is 0 Å². The lowest BCUT2D eigenvalue weighted by Crippen LogP contribution is -2.69. The van der Waals surface area contributed by atoms with Gasteiger partial charge in [-0.05, 0) is 31.2 Å². The van der Waals surface area contributed by atoms with Gasteiger partial charge in [0.2, 0.25) is 0 Å². The summed E-state index contributed by atoms with van der Waals surface area (Å²) in [5.74, 6) is -3.50. The second kappa shape index (κ2) is 6.83. The molecule has 1 atom stereocenters. The van der Waals surface area contributed by atoms with Crippen molar-refractivity contribution in [2.45, 2.75) is 18.8 Å². The number of pyridine rings is 1. The SMILES string of the molecule is COC(=O)[C@@](NC(=O)c1ccco1)(Nc1[nH+]cccc1C)C(F)(F)F. The Morgan fingerprint density at radius 1 is 1.24 bits per heavy atom. The number of nitrogens with one attached hydrogen (secondary N) is 3. The summed E-state index contributed by atoms with van der Waals surface area (Å²) in [6.45, 7) is 1.52. The maximum absolute atomic E-state index is 13.8. The highest BCUT2D eigenvalue weighted by Crippen LogP contribution is 2.33. The number of esters is 1. The van der Waals surface area contributed by atoms with Crippen LogP contribution in [0.25, 0.3) is 0 Å². The van der Waals surface area contributed by atoms with Crippen LogP contribution in [0.15, 0.2) is 41.1 Å². The van der Waals surface area contributed by atoms with E-state index in [1.807, 2.05) is 5.32 Å². The first-order valence-corrected chi connectivity index (χ1v) is 6.98. The van der Waals surface area contributed by atoms with Crippen LogP contribution in [-0.2, 0) is 9.53 Å². The molecular formula is C15H15F3N3O4+. The number of H-pyrrole nitrogens is 1. The predicted molar refractivity (Wildman–Crippen MR) is 78.3 cm³/mol. The molecule has 0 unspecified atom stereocenters. The maximum atomic E-state index is 13.8. The number of carbonyl (C=O) groups is 2. The molecule has 134 valence electrons. The number of aromatic nitrogens is 1. The van der Waals surface area contributed by atoms with Crippen molar-refractivity contribution in [3.63, 3.8) is 0 Å². The first-order valence-electron chi connectivity index (χ1n) is 6.98. The van der Waals surface area contributed by atoms with E-state index in [-0.39, 0.29) is 5.82 Å².